The predicted octanol–water partition coefficient (Wildman–Crippen LogP) is 0.0756. The van der Waals surface area contributed by atoms with E-state index < -0.39 is 0 Å². The average Bonchev–Trinajstić information content (AvgIpc) is 1.90. The molecule has 9 heavy (non-hydrogen) atoms. The van der Waals surface area contributed by atoms with Gasteiger partial charge in [0.25, 0.3) is 0 Å². The summed E-state index contributed by atoms with van der Waals surface area (Å²) in [5.41, 5.74) is 0. The van der Waals surface area contributed by atoms with Crippen molar-refractivity contribution in [1.82, 2.24) is 0 Å². The molecule has 0 aromatic heterocycles. The molecule has 1 aromatic rings. The Kier molecular flexibility index (Phi) is 5.23. The molecule has 1 aromatic carbocycles. The summed E-state index contributed by atoms with van der Waals surface area (Å²) in [6.45, 7) is 0. The van der Waals surface area contributed by atoms with Crippen molar-refractivity contribution < 1.29 is 24.1 Å². The van der Waals surface area contributed by atoms with E-state index in [2.05, 4.69) is 0 Å². The van der Waals surface area contributed by atoms with E-state index in [-0.39, 0.29) is 17.4 Å². The second-order valence-corrected chi connectivity index (χ2v) is 1.80. The third-order valence-corrected chi connectivity index (χ3v) is 1.30. The zero-order valence-corrected chi connectivity index (χ0v) is 6.18. The van der Waals surface area contributed by atoms with Gasteiger partial charge in [0.15, 0.2) is 17.4 Å². The monoisotopic (exact) mass is 172 g/mol. The van der Waals surface area contributed by atoms with E-state index in [4.69, 9.17) is 3.32 Å². The van der Waals surface area contributed by atoms with E-state index in [0.717, 1.165) is 5.75 Å². The van der Waals surface area contributed by atoms with Crippen molar-refractivity contribution in [2.45, 2.75) is 0 Å². The van der Waals surface area contributed by atoms with Crippen LogP contribution >= 0.6 is 0 Å². The summed E-state index contributed by atoms with van der Waals surface area (Å²) in [5.74, 6) is 0.938. The van der Waals surface area contributed by atoms with E-state index in [1.54, 1.807) is 0 Å². The van der Waals surface area contributed by atoms with Crippen LogP contribution in [0.4, 0.5) is 0 Å². The van der Waals surface area contributed by atoms with E-state index in [1.807, 2.05) is 30.3 Å². The van der Waals surface area contributed by atoms with E-state index in [9.17, 15) is 0 Å². The zero-order valence-electron chi connectivity index (χ0n) is 4.37. The van der Waals surface area contributed by atoms with Crippen LogP contribution in [0.3, 0.4) is 0 Å². The van der Waals surface area contributed by atoms with Crippen LogP contribution in [0.1, 0.15) is 0 Å². The fraction of sp³-hybridized carbons (Fsp3) is 0. The minimum atomic E-state index is 0. The van der Waals surface area contributed by atoms with Crippen molar-refractivity contribution in [2.75, 3.05) is 0 Å². The second kappa shape index (κ2) is 5.08. The molecule has 0 spiro atoms. The molecular weight excluding hydrogens is 163 g/mol. The Hall–Kier alpha value is 0.267. The van der Waals surface area contributed by atoms with Gasteiger partial charge in [-0.2, -0.15) is 0 Å². The molecule has 0 aliphatic rings. The van der Waals surface area contributed by atoms with Gasteiger partial charge in [0, 0.05) is 0 Å². The maximum absolute atomic E-state index is 4.98. The Morgan fingerprint density at radius 2 is 1.67 bits per heavy atom. The van der Waals surface area contributed by atoms with Gasteiger partial charge < -0.3 is 0 Å². The molecule has 0 amide bonds. The second-order valence-electron chi connectivity index (χ2n) is 1.43. The van der Waals surface area contributed by atoms with E-state index >= 15 is 0 Å². The Morgan fingerprint density at radius 3 is 2.00 bits per heavy atom. The van der Waals surface area contributed by atoms with Gasteiger partial charge in [0.1, 0.15) is 0 Å². The van der Waals surface area contributed by atoms with Gasteiger partial charge in [-0.05, 0) is 0 Å². The molecule has 1 rings (SSSR count). The van der Waals surface area contributed by atoms with Crippen molar-refractivity contribution in [3.63, 3.8) is 0 Å². The molecule has 0 unspecified atom stereocenters. The first-order valence-electron chi connectivity index (χ1n) is 2.35. The van der Waals surface area contributed by atoms with Gasteiger partial charge in [0.2, 0.25) is 0 Å². The fourth-order valence-corrected chi connectivity index (χ4v) is 0.744. The number of para-hydroxylation sites is 1. The van der Waals surface area contributed by atoms with Gasteiger partial charge >= 0.3 is 60.2 Å². The summed E-state index contributed by atoms with van der Waals surface area (Å²) in [5, 5.41) is 0. The molecule has 0 aliphatic carbocycles. The molecule has 0 fully saturated rings. The maximum atomic E-state index is 4.98. The average molecular weight is 172 g/mol. The Balaban J connectivity index is 0.000000640. The molecular formula is C6H9AlOTi. The van der Waals surface area contributed by atoms with Crippen molar-refractivity contribution in [2.24, 2.45) is 0 Å². The molecule has 0 atom stereocenters. The molecule has 0 bridgehead atoms. The van der Waals surface area contributed by atoms with E-state index in [0.29, 0.717) is 0 Å². The standard InChI is InChI=1S/C6H6O.Al.Ti.4H/c7-6-4-2-1-3-5-6;;;;;;/h1-5,7H;;;;;;/q;;+1;;;;/p-1. The van der Waals surface area contributed by atoms with Crippen molar-refractivity contribution in [1.29, 1.82) is 0 Å². The summed E-state index contributed by atoms with van der Waals surface area (Å²) in [4.78, 5) is 0. The molecule has 0 radical (unpaired) electrons. The summed E-state index contributed by atoms with van der Waals surface area (Å²) < 4.78 is 4.98. The normalized spacial score (nSPS) is 7.56. The molecule has 46 valence electrons. The van der Waals surface area contributed by atoms with Crippen LogP contribution in [0.2, 0.25) is 0 Å². The van der Waals surface area contributed by atoms with Gasteiger partial charge in [0.05, 0.1) is 0 Å². The molecule has 0 heterocycles. The topological polar surface area (TPSA) is 9.23 Å². The third-order valence-electron chi connectivity index (χ3n) is 0.879. The van der Waals surface area contributed by atoms with Crippen molar-refractivity contribution >= 4 is 17.4 Å². The number of hydrogen-bond acceptors (Lipinski definition) is 1. The van der Waals surface area contributed by atoms with Gasteiger partial charge in [-0.3, -0.25) is 0 Å². The van der Waals surface area contributed by atoms with Crippen LogP contribution in [-0.2, 0) is 20.8 Å². The SMILES string of the molecule is [AlH3].[TiH][O]c1ccccc1. The molecule has 0 saturated carbocycles. The molecule has 0 aliphatic heterocycles. The van der Waals surface area contributed by atoms with Crippen LogP contribution in [0.5, 0.6) is 5.75 Å². The van der Waals surface area contributed by atoms with Gasteiger partial charge in [-0.1, -0.05) is 0 Å². The first-order valence-corrected chi connectivity index (χ1v) is 3.09. The van der Waals surface area contributed by atoms with E-state index in [1.165, 1.54) is 20.8 Å². The number of benzene rings is 1. The van der Waals surface area contributed by atoms with Crippen LogP contribution in [0.15, 0.2) is 30.3 Å². The Labute approximate surface area is 77.4 Å². The zero-order chi connectivity index (χ0) is 5.82. The van der Waals surface area contributed by atoms with Crippen LogP contribution in [0, 0.1) is 0 Å². The molecule has 0 N–H and O–H groups in total. The van der Waals surface area contributed by atoms with Gasteiger partial charge in [-0.25, -0.2) is 0 Å². The molecule has 0 saturated heterocycles. The Morgan fingerprint density at radius 1 is 1.11 bits per heavy atom. The summed E-state index contributed by atoms with van der Waals surface area (Å²) in [6.07, 6.45) is 0. The first kappa shape index (κ1) is 9.27. The van der Waals surface area contributed by atoms with Crippen LogP contribution in [-0.4, -0.2) is 17.4 Å². The van der Waals surface area contributed by atoms with Crippen molar-refractivity contribution in [3.05, 3.63) is 30.3 Å². The number of rotatable bonds is 1. The predicted molar refractivity (Wildman–Crippen MR) is 38.4 cm³/mol. The Bertz CT molecular complexity index is 154. The van der Waals surface area contributed by atoms with Gasteiger partial charge in [-0.15, -0.1) is 0 Å². The summed E-state index contributed by atoms with van der Waals surface area (Å²) in [7, 11) is 0. The summed E-state index contributed by atoms with van der Waals surface area (Å²) >= 11 is 1.26. The first-order chi connectivity index (χ1) is 3.93. The third kappa shape index (κ3) is 3.08. The fourth-order valence-electron chi connectivity index (χ4n) is 0.499. The van der Waals surface area contributed by atoms with Crippen molar-refractivity contribution in [3.8, 4) is 5.75 Å². The van der Waals surface area contributed by atoms with Crippen LogP contribution < -0.4 is 3.32 Å². The minimum absolute atomic E-state index is 0. The molecule has 3 heteroatoms. The van der Waals surface area contributed by atoms with Crippen LogP contribution in [0.25, 0.3) is 0 Å². The summed E-state index contributed by atoms with van der Waals surface area (Å²) in [6, 6.07) is 9.74. The molecule has 1 nitrogen and oxygen atoms in total. The quantitative estimate of drug-likeness (QED) is 0.545. The number of hydrogen-bond donors (Lipinski definition) is 0.